The Hall–Kier alpha value is -1.93. The Labute approximate surface area is 165 Å². The van der Waals surface area contributed by atoms with Gasteiger partial charge in [-0.1, -0.05) is 35.9 Å². The van der Waals surface area contributed by atoms with E-state index in [9.17, 15) is 13.2 Å². The first-order chi connectivity index (χ1) is 12.6. The molecule has 0 radical (unpaired) electrons. The third kappa shape index (κ3) is 5.07. The average Bonchev–Trinajstić information content (AvgIpc) is 2.62. The molecule has 27 heavy (non-hydrogen) atoms. The van der Waals surface area contributed by atoms with E-state index < -0.39 is 10.0 Å². The van der Waals surface area contributed by atoms with Gasteiger partial charge in [0.2, 0.25) is 10.0 Å². The summed E-state index contributed by atoms with van der Waals surface area (Å²) in [4.78, 5) is 14.6. The van der Waals surface area contributed by atoms with Crippen molar-refractivity contribution in [1.29, 1.82) is 0 Å². The highest BCUT2D eigenvalue weighted by Crippen LogP contribution is 2.25. The maximum atomic E-state index is 12.6. The van der Waals surface area contributed by atoms with Gasteiger partial charge < -0.3 is 10.2 Å². The van der Waals surface area contributed by atoms with Gasteiger partial charge in [0.1, 0.15) is 0 Å². The van der Waals surface area contributed by atoms with E-state index >= 15 is 0 Å². The lowest BCUT2D eigenvalue weighted by Crippen LogP contribution is -2.34. The third-order valence-electron chi connectivity index (χ3n) is 4.22. The largest absolute Gasteiger partial charge is 0.350 e. The second-order valence-corrected chi connectivity index (χ2v) is 9.09. The molecule has 0 aliphatic heterocycles. The molecule has 1 amide bonds. The molecule has 0 spiro atoms. The van der Waals surface area contributed by atoms with Crippen LogP contribution >= 0.6 is 11.6 Å². The first kappa shape index (κ1) is 21.4. The number of rotatable bonds is 7. The first-order valence-electron chi connectivity index (χ1n) is 8.36. The Balaban J connectivity index is 2.19. The fraction of sp³-hybridized carbons (Fsp3) is 0.316. The van der Waals surface area contributed by atoms with Crippen molar-refractivity contribution in [2.45, 2.75) is 10.9 Å². The van der Waals surface area contributed by atoms with Crippen LogP contribution in [0.25, 0.3) is 0 Å². The maximum Gasteiger partial charge on any atom is 0.251 e. The van der Waals surface area contributed by atoms with E-state index in [-0.39, 0.29) is 22.4 Å². The van der Waals surface area contributed by atoms with Crippen LogP contribution in [-0.2, 0) is 10.0 Å². The molecular weight excluding hydrogens is 386 g/mol. The Morgan fingerprint density at radius 2 is 1.74 bits per heavy atom. The van der Waals surface area contributed by atoms with E-state index in [1.165, 1.54) is 26.2 Å². The number of likely N-dealkylation sites (N-methyl/N-ethyl adjacent to an activating group) is 1. The Bertz CT molecular complexity index is 914. The highest BCUT2D eigenvalue weighted by Gasteiger charge is 2.21. The van der Waals surface area contributed by atoms with Crippen molar-refractivity contribution in [2.24, 2.45) is 0 Å². The van der Waals surface area contributed by atoms with Gasteiger partial charge in [-0.3, -0.25) is 4.79 Å². The molecule has 0 aliphatic carbocycles. The maximum absolute atomic E-state index is 12.6. The van der Waals surface area contributed by atoms with Crippen LogP contribution in [0, 0.1) is 0 Å². The first-order valence-corrected chi connectivity index (χ1v) is 10.2. The van der Waals surface area contributed by atoms with Crippen molar-refractivity contribution in [2.75, 3.05) is 34.7 Å². The second-order valence-electron chi connectivity index (χ2n) is 6.53. The van der Waals surface area contributed by atoms with Gasteiger partial charge in [0.05, 0.1) is 10.9 Å². The summed E-state index contributed by atoms with van der Waals surface area (Å²) in [5, 5.41) is 3.50. The minimum Gasteiger partial charge on any atom is -0.350 e. The number of nitrogens with zero attached hydrogens (tertiary/aromatic N) is 2. The molecule has 0 aromatic heterocycles. The smallest absolute Gasteiger partial charge is 0.251 e. The van der Waals surface area contributed by atoms with Crippen molar-refractivity contribution in [3.8, 4) is 0 Å². The summed E-state index contributed by atoms with van der Waals surface area (Å²) in [7, 11) is 3.12. The number of carbonyl (C=O) groups is 1. The van der Waals surface area contributed by atoms with E-state index in [1.807, 2.05) is 43.3 Å². The summed E-state index contributed by atoms with van der Waals surface area (Å²) >= 11 is 6.29. The van der Waals surface area contributed by atoms with Gasteiger partial charge in [0, 0.05) is 31.2 Å². The van der Waals surface area contributed by atoms with E-state index in [4.69, 9.17) is 11.6 Å². The average molecular weight is 410 g/mol. The van der Waals surface area contributed by atoms with E-state index in [0.717, 1.165) is 9.87 Å². The Morgan fingerprint density at radius 1 is 1.07 bits per heavy atom. The third-order valence-corrected chi connectivity index (χ3v) is 6.37. The van der Waals surface area contributed by atoms with E-state index in [2.05, 4.69) is 5.32 Å². The summed E-state index contributed by atoms with van der Waals surface area (Å²) < 4.78 is 25.6. The van der Waals surface area contributed by atoms with Crippen molar-refractivity contribution in [3.05, 3.63) is 64.7 Å². The summed E-state index contributed by atoms with van der Waals surface area (Å²) in [6.45, 7) is 0.334. The number of hydrogen-bond acceptors (Lipinski definition) is 4. The predicted octanol–water partition coefficient (Wildman–Crippen LogP) is 2.62. The quantitative estimate of drug-likeness (QED) is 0.763. The van der Waals surface area contributed by atoms with Crippen LogP contribution in [0.5, 0.6) is 0 Å². The Morgan fingerprint density at radius 3 is 2.33 bits per heavy atom. The molecule has 0 fully saturated rings. The molecule has 0 unspecified atom stereocenters. The van der Waals surface area contributed by atoms with Gasteiger partial charge in [-0.2, -0.15) is 0 Å². The monoisotopic (exact) mass is 409 g/mol. The molecule has 6 nitrogen and oxygen atoms in total. The number of halogens is 1. The minimum absolute atomic E-state index is 0.0791. The zero-order valence-corrected chi connectivity index (χ0v) is 17.4. The van der Waals surface area contributed by atoms with Gasteiger partial charge in [-0.05, 0) is 43.9 Å². The fourth-order valence-corrected chi connectivity index (χ4v) is 3.83. The summed E-state index contributed by atoms with van der Waals surface area (Å²) in [6.07, 6.45) is 0. The van der Waals surface area contributed by atoms with Crippen LogP contribution in [0.1, 0.15) is 22.0 Å². The Kier molecular flexibility index (Phi) is 7.00. The highest BCUT2D eigenvalue weighted by molar-refractivity contribution is 7.89. The minimum atomic E-state index is -3.60. The van der Waals surface area contributed by atoms with E-state index in [0.29, 0.717) is 11.6 Å². The highest BCUT2D eigenvalue weighted by atomic mass is 35.5. The molecule has 0 bridgehead atoms. The molecule has 8 heteroatoms. The molecule has 2 aromatic carbocycles. The number of amides is 1. The predicted molar refractivity (Wildman–Crippen MR) is 108 cm³/mol. The number of nitrogens with one attached hydrogen (secondary N) is 1. The zero-order chi connectivity index (χ0) is 20.2. The van der Waals surface area contributed by atoms with Crippen LogP contribution in [0.4, 0.5) is 0 Å². The van der Waals surface area contributed by atoms with Crippen molar-refractivity contribution >= 4 is 27.5 Å². The molecule has 146 valence electrons. The summed E-state index contributed by atoms with van der Waals surface area (Å²) in [5.74, 6) is -0.343. The molecule has 0 saturated heterocycles. The van der Waals surface area contributed by atoms with E-state index in [1.54, 1.807) is 12.1 Å². The van der Waals surface area contributed by atoms with Crippen LogP contribution < -0.4 is 5.32 Å². The van der Waals surface area contributed by atoms with Crippen LogP contribution in [0.3, 0.4) is 0 Å². The SMILES string of the molecule is CN(C)[C@@H](CNC(=O)c1cccc(S(=O)(=O)N(C)C)c1)c1ccccc1Cl. The zero-order valence-electron chi connectivity index (χ0n) is 15.8. The molecule has 0 saturated carbocycles. The molecule has 0 aliphatic rings. The lowest BCUT2D eigenvalue weighted by atomic mass is 10.1. The summed E-state index contributed by atoms with van der Waals surface area (Å²) in [5.41, 5.74) is 1.20. The van der Waals surface area contributed by atoms with Gasteiger partial charge in [-0.25, -0.2) is 12.7 Å². The van der Waals surface area contributed by atoms with Gasteiger partial charge in [0.25, 0.3) is 5.91 Å². The second kappa shape index (κ2) is 8.84. The number of hydrogen-bond donors (Lipinski definition) is 1. The lowest BCUT2D eigenvalue weighted by Gasteiger charge is -2.26. The van der Waals surface area contributed by atoms with Crippen LogP contribution in [-0.4, -0.2) is 58.3 Å². The van der Waals surface area contributed by atoms with Crippen molar-refractivity contribution < 1.29 is 13.2 Å². The number of sulfonamides is 1. The fourth-order valence-electron chi connectivity index (χ4n) is 2.62. The molecule has 2 rings (SSSR count). The lowest BCUT2D eigenvalue weighted by molar-refractivity contribution is 0.0941. The summed E-state index contributed by atoms with van der Waals surface area (Å²) in [6, 6.07) is 13.4. The van der Waals surface area contributed by atoms with Gasteiger partial charge in [0.15, 0.2) is 0 Å². The number of benzene rings is 2. The normalized spacial score (nSPS) is 13.0. The molecular formula is C19H24ClN3O3S. The van der Waals surface area contributed by atoms with Crippen LogP contribution in [0.15, 0.2) is 53.4 Å². The molecule has 1 atom stereocenters. The topological polar surface area (TPSA) is 69.7 Å². The molecule has 2 aromatic rings. The molecule has 1 N–H and O–H groups in total. The van der Waals surface area contributed by atoms with Crippen molar-refractivity contribution in [1.82, 2.24) is 14.5 Å². The standard InChI is InChI=1S/C19H24ClN3O3S/c1-22(2)18(16-10-5-6-11-17(16)20)13-21-19(24)14-8-7-9-15(12-14)27(25,26)23(3)4/h5-12,18H,13H2,1-4H3,(H,21,24)/t18-/m0/s1. The van der Waals surface area contributed by atoms with Crippen LogP contribution in [0.2, 0.25) is 5.02 Å². The molecule has 0 heterocycles. The van der Waals surface area contributed by atoms with Gasteiger partial charge in [-0.15, -0.1) is 0 Å². The number of carbonyl (C=O) groups excluding carboxylic acids is 1. The van der Waals surface area contributed by atoms with Gasteiger partial charge >= 0.3 is 0 Å². The van der Waals surface area contributed by atoms with Crippen molar-refractivity contribution in [3.63, 3.8) is 0 Å².